The number of primary amides is 1. The van der Waals surface area contributed by atoms with E-state index >= 15 is 0 Å². The number of ether oxygens (including phenoxy) is 1. The van der Waals surface area contributed by atoms with Crippen molar-refractivity contribution in [2.45, 2.75) is 43.6 Å². The van der Waals surface area contributed by atoms with Crippen molar-refractivity contribution < 1.29 is 22.7 Å². The second kappa shape index (κ2) is 7.10. The molecule has 0 saturated carbocycles. The molecule has 1 aliphatic carbocycles. The van der Waals surface area contributed by atoms with Gasteiger partial charge in [-0.3, -0.25) is 9.59 Å². The van der Waals surface area contributed by atoms with Crippen molar-refractivity contribution in [3.63, 3.8) is 0 Å². The Bertz CT molecular complexity index is 715. The van der Waals surface area contributed by atoms with E-state index in [0.717, 1.165) is 31.2 Å². The molecule has 3 N–H and O–H groups in total. The maximum Gasteiger partial charge on any atom is 0.321 e. The first-order valence-corrected chi connectivity index (χ1v) is 8.88. The van der Waals surface area contributed by atoms with Gasteiger partial charge in [-0.05, 0) is 55.9 Å². The van der Waals surface area contributed by atoms with Gasteiger partial charge in [-0.1, -0.05) is 6.07 Å². The van der Waals surface area contributed by atoms with Crippen molar-refractivity contribution in [3.8, 4) is 0 Å². The summed E-state index contributed by atoms with van der Waals surface area (Å²) in [7, 11) is -3.81. The lowest BCUT2D eigenvalue weighted by Crippen LogP contribution is -2.36. The second-order valence-corrected chi connectivity index (χ2v) is 7.26. The van der Waals surface area contributed by atoms with Gasteiger partial charge < -0.3 is 10.5 Å². The largest absolute Gasteiger partial charge is 0.452 e. The van der Waals surface area contributed by atoms with E-state index in [2.05, 4.69) is 4.72 Å². The summed E-state index contributed by atoms with van der Waals surface area (Å²) in [6.07, 6.45) is 2.87. The number of sulfonamides is 1. The van der Waals surface area contributed by atoms with Crippen LogP contribution in [0.25, 0.3) is 0 Å². The number of hydrogen-bond donors (Lipinski definition) is 2. The molecule has 1 aromatic rings. The van der Waals surface area contributed by atoms with Gasteiger partial charge in [-0.25, -0.2) is 8.42 Å². The zero-order chi connectivity index (χ0) is 17.0. The summed E-state index contributed by atoms with van der Waals surface area (Å²) >= 11 is 0. The summed E-state index contributed by atoms with van der Waals surface area (Å²) in [5, 5.41) is 0. The number of esters is 1. The molecular weight excluding hydrogens is 320 g/mol. The van der Waals surface area contributed by atoms with Crippen LogP contribution in [0.2, 0.25) is 0 Å². The van der Waals surface area contributed by atoms with E-state index in [1.165, 1.54) is 18.6 Å². The molecule has 0 spiro atoms. The molecule has 0 radical (unpaired) electrons. The summed E-state index contributed by atoms with van der Waals surface area (Å²) in [5.74, 6) is -1.66. The molecule has 23 heavy (non-hydrogen) atoms. The highest BCUT2D eigenvalue weighted by molar-refractivity contribution is 7.89. The molecule has 2 rings (SSSR count). The van der Waals surface area contributed by atoms with E-state index in [1.807, 2.05) is 6.07 Å². The molecule has 0 saturated heterocycles. The van der Waals surface area contributed by atoms with Crippen molar-refractivity contribution in [1.82, 2.24) is 4.72 Å². The van der Waals surface area contributed by atoms with Gasteiger partial charge in [-0.2, -0.15) is 4.72 Å². The first-order chi connectivity index (χ1) is 10.8. The van der Waals surface area contributed by atoms with Crippen LogP contribution >= 0.6 is 0 Å². The molecule has 0 aromatic heterocycles. The van der Waals surface area contributed by atoms with Crippen LogP contribution < -0.4 is 10.5 Å². The number of carbonyl (C=O) groups is 2. The minimum Gasteiger partial charge on any atom is -0.452 e. The molecule has 1 atom stereocenters. The van der Waals surface area contributed by atoms with E-state index < -0.39 is 34.5 Å². The number of rotatable bonds is 6. The molecular formula is C15H20N2O5S. The van der Waals surface area contributed by atoms with Gasteiger partial charge in [0.15, 0.2) is 6.10 Å². The van der Waals surface area contributed by atoms with Crippen LogP contribution in [-0.2, 0) is 37.2 Å². The third kappa shape index (κ3) is 4.52. The Morgan fingerprint density at radius 1 is 1.26 bits per heavy atom. The average molecular weight is 340 g/mol. The number of nitrogens with one attached hydrogen (secondary N) is 1. The van der Waals surface area contributed by atoms with Crippen molar-refractivity contribution in [3.05, 3.63) is 29.3 Å². The van der Waals surface area contributed by atoms with Crippen LogP contribution in [0.1, 0.15) is 30.9 Å². The lowest BCUT2D eigenvalue weighted by atomic mass is 9.92. The van der Waals surface area contributed by atoms with Crippen LogP contribution in [0.5, 0.6) is 0 Å². The fourth-order valence-electron chi connectivity index (χ4n) is 2.41. The predicted octanol–water partition coefficient (Wildman–Crippen LogP) is 0.261. The van der Waals surface area contributed by atoms with E-state index in [1.54, 1.807) is 6.07 Å². The molecule has 1 amide bonds. The number of fused-ring (bicyclic) bond motifs is 1. The Labute approximate surface area is 135 Å². The third-order valence-corrected chi connectivity index (χ3v) is 5.14. The Morgan fingerprint density at radius 2 is 1.91 bits per heavy atom. The second-order valence-electron chi connectivity index (χ2n) is 5.50. The molecule has 1 aromatic carbocycles. The Hall–Kier alpha value is -1.93. The molecule has 0 fully saturated rings. The maximum absolute atomic E-state index is 12.2. The summed E-state index contributed by atoms with van der Waals surface area (Å²) < 4.78 is 31.3. The van der Waals surface area contributed by atoms with Crippen molar-refractivity contribution in [1.29, 1.82) is 0 Å². The van der Waals surface area contributed by atoms with Crippen LogP contribution in [0.15, 0.2) is 23.1 Å². The van der Waals surface area contributed by atoms with Crippen molar-refractivity contribution in [2.75, 3.05) is 6.54 Å². The molecule has 7 nitrogen and oxygen atoms in total. The Balaban J connectivity index is 2.02. The Kier molecular flexibility index (Phi) is 5.38. The van der Waals surface area contributed by atoms with Gasteiger partial charge in [0.1, 0.15) is 6.54 Å². The minimum atomic E-state index is -3.81. The summed E-state index contributed by atoms with van der Waals surface area (Å²) in [5.41, 5.74) is 7.17. The summed E-state index contributed by atoms with van der Waals surface area (Å²) in [6.45, 7) is 0.759. The molecule has 8 heteroatoms. The Morgan fingerprint density at radius 3 is 2.57 bits per heavy atom. The summed E-state index contributed by atoms with van der Waals surface area (Å²) in [4.78, 5) is 22.4. The molecule has 0 bridgehead atoms. The number of amides is 1. The van der Waals surface area contributed by atoms with Crippen LogP contribution in [0, 0.1) is 0 Å². The minimum absolute atomic E-state index is 0.119. The predicted molar refractivity (Wildman–Crippen MR) is 83.0 cm³/mol. The van der Waals surface area contributed by atoms with Gasteiger partial charge in [0, 0.05) is 0 Å². The molecule has 126 valence electrons. The van der Waals surface area contributed by atoms with Crippen molar-refractivity contribution >= 4 is 21.9 Å². The van der Waals surface area contributed by atoms with Gasteiger partial charge in [0.2, 0.25) is 10.0 Å². The lowest BCUT2D eigenvalue weighted by molar-refractivity contribution is -0.152. The molecule has 1 aliphatic rings. The first kappa shape index (κ1) is 17.4. The zero-order valence-electron chi connectivity index (χ0n) is 12.9. The monoisotopic (exact) mass is 340 g/mol. The fourth-order valence-corrected chi connectivity index (χ4v) is 3.43. The average Bonchev–Trinajstić information content (AvgIpc) is 2.52. The van der Waals surface area contributed by atoms with Gasteiger partial charge >= 0.3 is 5.97 Å². The first-order valence-electron chi connectivity index (χ1n) is 7.40. The standard InChI is InChI=1S/C15H20N2O5S/c1-10(15(16)19)22-14(18)9-17-23(20,21)13-7-6-11-4-2-3-5-12(11)8-13/h6-8,10,17H,2-5,9H2,1H3,(H2,16,19)/t10-/m1/s1. The van der Waals surface area contributed by atoms with E-state index in [9.17, 15) is 18.0 Å². The van der Waals surface area contributed by atoms with Gasteiger partial charge in [0.25, 0.3) is 5.91 Å². The SMILES string of the molecule is C[C@@H](OC(=O)CNS(=O)(=O)c1ccc2c(c1)CCCC2)C(N)=O. The van der Waals surface area contributed by atoms with E-state index in [0.29, 0.717) is 0 Å². The maximum atomic E-state index is 12.2. The topological polar surface area (TPSA) is 116 Å². The molecule has 0 unspecified atom stereocenters. The van der Waals surface area contributed by atoms with Gasteiger partial charge in [-0.15, -0.1) is 0 Å². The highest BCUT2D eigenvalue weighted by Gasteiger charge is 2.20. The van der Waals surface area contributed by atoms with E-state index in [-0.39, 0.29) is 4.90 Å². The fraction of sp³-hybridized carbons (Fsp3) is 0.467. The smallest absolute Gasteiger partial charge is 0.321 e. The van der Waals surface area contributed by atoms with Crippen LogP contribution in [0.4, 0.5) is 0 Å². The summed E-state index contributed by atoms with van der Waals surface area (Å²) in [6, 6.07) is 4.99. The van der Waals surface area contributed by atoms with Gasteiger partial charge in [0.05, 0.1) is 4.90 Å². The number of hydrogen-bond acceptors (Lipinski definition) is 5. The number of nitrogens with two attached hydrogens (primary N) is 1. The zero-order valence-corrected chi connectivity index (χ0v) is 13.7. The third-order valence-electron chi connectivity index (χ3n) is 3.75. The number of carbonyl (C=O) groups excluding carboxylic acids is 2. The quantitative estimate of drug-likeness (QED) is 0.721. The van der Waals surface area contributed by atoms with Crippen molar-refractivity contribution in [2.24, 2.45) is 5.73 Å². The normalized spacial score (nSPS) is 15.5. The van der Waals surface area contributed by atoms with Crippen LogP contribution in [-0.4, -0.2) is 32.9 Å². The van der Waals surface area contributed by atoms with E-state index in [4.69, 9.17) is 10.5 Å². The van der Waals surface area contributed by atoms with Crippen LogP contribution in [0.3, 0.4) is 0 Å². The number of aryl methyl sites for hydroxylation is 2. The lowest BCUT2D eigenvalue weighted by Gasteiger charge is -2.16. The highest BCUT2D eigenvalue weighted by Crippen LogP contribution is 2.23. The molecule has 0 heterocycles. The number of benzene rings is 1. The highest BCUT2D eigenvalue weighted by atomic mass is 32.2. The molecule has 0 aliphatic heterocycles.